The maximum atomic E-state index is 5.14. The van der Waals surface area contributed by atoms with Crippen LogP contribution in [0.5, 0.6) is 0 Å². The standard InChI is InChI=1S/C17H29N3O/c1-15-5-4-6-17(13-15)20-11-9-19(10-12-20)8-7-18-16(2)14-21-3/h4-6,13,16,18H,7-12,14H2,1-3H3. The molecule has 1 aliphatic rings. The molecule has 1 atom stereocenters. The van der Waals surface area contributed by atoms with Gasteiger partial charge in [-0.25, -0.2) is 0 Å². The van der Waals surface area contributed by atoms with Crippen molar-refractivity contribution in [1.29, 1.82) is 0 Å². The van der Waals surface area contributed by atoms with Gasteiger partial charge in [0.05, 0.1) is 6.61 Å². The molecule has 1 aromatic rings. The Balaban J connectivity index is 1.69. The van der Waals surface area contributed by atoms with Crippen LogP contribution in [-0.4, -0.2) is 63.9 Å². The third kappa shape index (κ3) is 5.30. The average Bonchev–Trinajstić information content (AvgIpc) is 2.48. The molecule has 4 heteroatoms. The number of methoxy groups -OCH3 is 1. The number of ether oxygens (including phenoxy) is 1. The number of piperazine rings is 1. The van der Waals surface area contributed by atoms with Crippen LogP contribution in [0.15, 0.2) is 24.3 Å². The van der Waals surface area contributed by atoms with E-state index < -0.39 is 0 Å². The molecule has 21 heavy (non-hydrogen) atoms. The van der Waals surface area contributed by atoms with Crippen LogP contribution in [0, 0.1) is 6.92 Å². The van der Waals surface area contributed by atoms with E-state index in [0.29, 0.717) is 6.04 Å². The lowest BCUT2D eigenvalue weighted by Gasteiger charge is -2.36. The van der Waals surface area contributed by atoms with Crippen LogP contribution in [0.2, 0.25) is 0 Å². The molecule has 0 radical (unpaired) electrons. The second-order valence-corrected chi connectivity index (χ2v) is 5.98. The third-order valence-corrected chi connectivity index (χ3v) is 4.08. The van der Waals surface area contributed by atoms with Crippen LogP contribution in [0.25, 0.3) is 0 Å². The van der Waals surface area contributed by atoms with Gasteiger partial charge in [-0.05, 0) is 31.5 Å². The van der Waals surface area contributed by atoms with E-state index in [9.17, 15) is 0 Å². The van der Waals surface area contributed by atoms with Crippen molar-refractivity contribution in [3.63, 3.8) is 0 Å². The molecule has 118 valence electrons. The van der Waals surface area contributed by atoms with E-state index >= 15 is 0 Å². The van der Waals surface area contributed by atoms with E-state index in [1.165, 1.54) is 11.3 Å². The second kappa shape index (κ2) is 8.37. The van der Waals surface area contributed by atoms with Gasteiger partial charge < -0.3 is 15.0 Å². The molecule has 1 heterocycles. The first kappa shape index (κ1) is 16.3. The van der Waals surface area contributed by atoms with Crippen molar-refractivity contribution in [2.24, 2.45) is 0 Å². The van der Waals surface area contributed by atoms with Crippen LogP contribution in [0.3, 0.4) is 0 Å². The van der Waals surface area contributed by atoms with Gasteiger partial charge in [0.15, 0.2) is 0 Å². The molecular formula is C17H29N3O. The van der Waals surface area contributed by atoms with E-state index in [0.717, 1.165) is 45.9 Å². The van der Waals surface area contributed by atoms with Gasteiger partial charge in [-0.1, -0.05) is 12.1 Å². The number of benzene rings is 1. The predicted molar refractivity (Wildman–Crippen MR) is 89.2 cm³/mol. The smallest absolute Gasteiger partial charge is 0.0613 e. The fourth-order valence-electron chi connectivity index (χ4n) is 2.83. The molecule has 0 aromatic heterocycles. The lowest BCUT2D eigenvalue weighted by Crippen LogP contribution is -2.48. The largest absolute Gasteiger partial charge is 0.383 e. The number of hydrogen-bond acceptors (Lipinski definition) is 4. The number of hydrogen-bond donors (Lipinski definition) is 1. The Hall–Kier alpha value is -1.10. The Morgan fingerprint density at radius 2 is 2.00 bits per heavy atom. The molecule has 1 fully saturated rings. The van der Waals surface area contributed by atoms with Crippen molar-refractivity contribution in [1.82, 2.24) is 10.2 Å². The van der Waals surface area contributed by atoms with Gasteiger partial charge in [-0.15, -0.1) is 0 Å². The fraction of sp³-hybridized carbons (Fsp3) is 0.647. The fourth-order valence-corrected chi connectivity index (χ4v) is 2.83. The minimum Gasteiger partial charge on any atom is -0.383 e. The highest BCUT2D eigenvalue weighted by atomic mass is 16.5. The van der Waals surface area contributed by atoms with Crippen LogP contribution in [0.4, 0.5) is 5.69 Å². The minimum atomic E-state index is 0.434. The second-order valence-electron chi connectivity index (χ2n) is 5.98. The maximum Gasteiger partial charge on any atom is 0.0613 e. The Kier molecular flexibility index (Phi) is 6.49. The normalized spacial score (nSPS) is 18.0. The number of aryl methyl sites for hydroxylation is 1. The average molecular weight is 291 g/mol. The Morgan fingerprint density at radius 3 is 2.67 bits per heavy atom. The van der Waals surface area contributed by atoms with Crippen molar-refractivity contribution in [2.75, 3.05) is 57.9 Å². The van der Waals surface area contributed by atoms with E-state index in [1.807, 2.05) is 0 Å². The molecular weight excluding hydrogens is 262 g/mol. The van der Waals surface area contributed by atoms with E-state index in [1.54, 1.807) is 7.11 Å². The number of nitrogens with one attached hydrogen (secondary N) is 1. The van der Waals surface area contributed by atoms with Gasteiger partial charge in [0, 0.05) is 58.1 Å². The van der Waals surface area contributed by atoms with Crippen molar-refractivity contribution in [3.05, 3.63) is 29.8 Å². The van der Waals surface area contributed by atoms with Gasteiger partial charge in [-0.2, -0.15) is 0 Å². The summed E-state index contributed by atoms with van der Waals surface area (Å²) >= 11 is 0. The van der Waals surface area contributed by atoms with Crippen molar-refractivity contribution in [3.8, 4) is 0 Å². The summed E-state index contributed by atoms with van der Waals surface area (Å²) in [4.78, 5) is 5.03. The Bertz CT molecular complexity index is 416. The highest BCUT2D eigenvalue weighted by molar-refractivity contribution is 5.48. The lowest BCUT2D eigenvalue weighted by atomic mass is 10.2. The van der Waals surface area contributed by atoms with Crippen LogP contribution >= 0.6 is 0 Å². The molecule has 0 amide bonds. The molecule has 0 aliphatic carbocycles. The van der Waals surface area contributed by atoms with E-state index in [4.69, 9.17) is 4.74 Å². The van der Waals surface area contributed by atoms with Gasteiger partial charge in [0.1, 0.15) is 0 Å². The van der Waals surface area contributed by atoms with Crippen LogP contribution < -0.4 is 10.2 Å². The van der Waals surface area contributed by atoms with E-state index in [2.05, 4.69) is 53.2 Å². The summed E-state index contributed by atoms with van der Waals surface area (Å²) in [5, 5.41) is 3.50. The lowest BCUT2D eigenvalue weighted by molar-refractivity contribution is 0.168. The number of nitrogens with zero attached hydrogens (tertiary/aromatic N) is 2. The topological polar surface area (TPSA) is 27.7 Å². The molecule has 1 N–H and O–H groups in total. The van der Waals surface area contributed by atoms with Crippen molar-refractivity contribution < 1.29 is 4.74 Å². The quantitative estimate of drug-likeness (QED) is 0.828. The minimum absolute atomic E-state index is 0.434. The van der Waals surface area contributed by atoms with Gasteiger partial charge in [0.25, 0.3) is 0 Å². The zero-order valence-electron chi connectivity index (χ0n) is 13.6. The van der Waals surface area contributed by atoms with Crippen LogP contribution in [0.1, 0.15) is 12.5 Å². The molecule has 1 saturated heterocycles. The molecule has 2 rings (SSSR count). The summed E-state index contributed by atoms with van der Waals surface area (Å²) in [5.41, 5.74) is 2.70. The summed E-state index contributed by atoms with van der Waals surface area (Å²) in [5.74, 6) is 0. The van der Waals surface area contributed by atoms with E-state index in [-0.39, 0.29) is 0 Å². The summed E-state index contributed by atoms with van der Waals surface area (Å²) in [6, 6.07) is 9.24. The first-order valence-electron chi connectivity index (χ1n) is 7.95. The zero-order valence-corrected chi connectivity index (χ0v) is 13.6. The van der Waals surface area contributed by atoms with Gasteiger partial charge >= 0.3 is 0 Å². The first-order chi connectivity index (χ1) is 10.2. The Labute approximate surface area is 129 Å². The third-order valence-electron chi connectivity index (χ3n) is 4.08. The number of rotatable bonds is 7. The monoisotopic (exact) mass is 291 g/mol. The zero-order chi connectivity index (χ0) is 15.1. The highest BCUT2D eigenvalue weighted by Crippen LogP contribution is 2.17. The summed E-state index contributed by atoms with van der Waals surface area (Å²) in [6.07, 6.45) is 0. The molecule has 1 aromatic carbocycles. The van der Waals surface area contributed by atoms with Gasteiger partial charge in [-0.3, -0.25) is 4.90 Å². The molecule has 1 unspecified atom stereocenters. The van der Waals surface area contributed by atoms with Crippen molar-refractivity contribution >= 4 is 5.69 Å². The maximum absolute atomic E-state index is 5.14. The SMILES string of the molecule is COCC(C)NCCN1CCN(c2cccc(C)c2)CC1. The molecule has 0 saturated carbocycles. The summed E-state index contributed by atoms with van der Waals surface area (Å²) in [6.45, 7) is 11.8. The van der Waals surface area contributed by atoms with Gasteiger partial charge in [0.2, 0.25) is 0 Å². The molecule has 4 nitrogen and oxygen atoms in total. The van der Waals surface area contributed by atoms with Crippen LogP contribution in [-0.2, 0) is 4.74 Å². The Morgan fingerprint density at radius 1 is 1.24 bits per heavy atom. The summed E-state index contributed by atoms with van der Waals surface area (Å²) in [7, 11) is 1.75. The molecule has 1 aliphatic heterocycles. The van der Waals surface area contributed by atoms with Crippen molar-refractivity contribution in [2.45, 2.75) is 19.9 Å². The predicted octanol–water partition coefficient (Wildman–Crippen LogP) is 1.74. The highest BCUT2D eigenvalue weighted by Gasteiger charge is 2.16. The summed E-state index contributed by atoms with van der Waals surface area (Å²) < 4.78 is 5.14. The molecule has 0 spiro atoms. The molecule has 0 bridgehead atoms. The number of anilines is 1. The first-order valence-corrected chi connectivity index (χ1v) is 7.95.